The molecule has 0 saturated carbocycles. The second-order valence-corrected chi connectivity index (χ2v) is 8.65. The third kappa shape index (κ3) is 5.36. The molecule has 140 valence electrons. The van der Waals surface area contributed by atoms with Crippen molar-refractivity contribution in [2.45, 2.75) is 17.9 Å². The highest BCUT2D eigenvalue weighted by molar-refractivity contribution is 7.89. The fourth-order valence-electron chi connectivity index (χ4n) is 2.34. The van der Waals surface area contributed by atoms with E-state index >= 15 is 0 Å². The molecule has 2 aromatic carbocycles. The molecule has 27 heavy (non-hydrogen) atoms. The molecule has 0 spiro atoms. The Kier molecular flexibility index (Phi) is 5.91. The molecule has 0 bridgehead atoms. The van der Waals surface area contributed by atoms with Crippen molar-refractivity contribution >= 4 is 38.9 Å². The number of hydrogen-bond donors (Lipinski definition) is 2. The normalized spacial score (nSPS) is 11.3. The Morgan fingerprint density at radius 1 is 1.11 bits per heavy atom. The van der Waals surface area contributed by atoms with E-state index in [2.05, 4.69) is 10.3 Å². The maximum absolute atomic E-state index is 12.1. The molecule has 1 heterocycles. The molecule has 0 unspecified atom stereocenters. The van der Waals surface area contributed by atoms with E-state index < -0.39 is 10.0 Å². The Hall–Kier alpha value is -2.26. The van der Waals surface area contributed by atoms with Gasteiger partial charge in [-0.1, -0.05) is 35.9 Å². The number of nitrogens with one attached hydrogen (secondary N) is 1. The lowest BCUT2D eigenvalue weighted by Gasteiger charge is -2.05. The Balaban J connectivity index is 1.56. The molecule has 9 heteroatoms. The number of nitrogens with two attached hydrogens (primary N) is 1. The maximum atomic E-state index is 12.1. The van der Waals surface area contributed by atoms with Crippen molar-refractivity contribution in [3.8, 4) is 10.6 Å². The minimum Gasteiger partial charge on any atom is -0.352 e. The molecule has 3 rings (SSSR count). The van der Waals surface area contributed by atoms with Crippen LogP contribution in [0.15, 0.2) is 58.8 Å². The summed E-state index contributed by atoms with van der Waals surface area (Å²) in [6.07, 6.45) is 0.166. The van der Waals surface area contributed by atoms with Crippen molar-refractivity contribution in [2.75, 3.05) is 0 Å². The predicted molar refractivity (Wildman–Crippen MR) is 106 cm³/mol. The zero-order chi connectivity index (χ0) is 19.4. The zero-order valence-corrected chi connectivity index (χ0v) is 16.4. The van der Waals surface area contributed by atoms with Crippen molar-refractivity contribution < 1.29 is 13.2 Å². The molecular weight excluding hydrogens is 406 g/mol. The highest BCUT2D eigenvalue weighted by Gasteiger charge is 2.10. The molecule has 0 aliphatic heterocycles. The van der Waals surface area contributed by atoms with Crippen molar-refractivity contribution in [1.82, 2.24) is 10.3 Å². The number of amides is 1. The first-order valence-electron chi connectivity index (χ1n) is 7.90. The number of thiazole rings is 1. The van der Waals surface area contributed by atoms with Crippen LogP contribution in [0, 0.1) is 0 Å². The third-order valence-electron chi connectivity index (χ3n) is 3.73. The van der Waals surface area contributed by atoms with Crippen molar-refractivity contribution in [3.63, 3.8) is 0 Å². The molecule has 0 atom stereocenters. The van der Waals surface area contributed by atoms with Gasteiger partial charge >= 0.3 is 0 Å². The van der Waals surface area contributed by atoms with E-state index in [1.54, 1.807) is 24.3 Å². The van der Waals surface area contributed by atoms with Crippen molar-refractivity contribution in [3.05, 3.63) is 70.2 Å². The number of carbonyl (C=O) groups is 1. The average Bonchev–Trinajstić information content (AvgIpc) is 3.08. The molecule has 3 N–H and O–H groups in total. The van der Waals surface area contributed by atoms with Crippen LogP contribution in [0.4, 0.5) is 0 Å². The number of halogens is 1. The summed E-state index contributed by atoms with van der Waals surface area (Å²) in [5.41, 5.74) is 2.41. The first kappa shape index (κ1) is 19.5. The Morgan fingerprint density at radius 3 is 2.41 bits per heavy atom. The van der Waals surface area contributed by atoms with Crippen LogP contribution in [0.2, 0.25) is 5.02 Å². The Morgan fingerprint density at radius 2 is 1.78 bits per heavy atom. The molecule has 3 aromatic rings. The quantitative estimate of drug-likeness (QED) is 0.638. The number of nitrogens with zero attached hydrogens (tertiary/aromatic N) is 1. The van der Waals surface area contributed by atoms with E-state index in [0.29, 0.717) is 10.7 Å². The van der Waals surface area contributed by atoms with Gasteiger partial charge in [0.15, 0.2) is 0 Å². The Labute approximate surface area is 166 Å². The van der Waals surface area contributed by atoms with Gasteiger partial charge in [-0.3, -0.25) is 4.79 Å². The highest BCUT2D eigenvalue weighted by atomic mass is 35.5. The van der Waals surface area contributed by atoms with E-state index in [0.717, 1.165) is 16.1 Å². The minimum atomic E-state index is -3.72. The first-order chi connectivity index (χ1) is 12.8. The van der Waals surface area contributed by atoms with Gasteiger partial charge in [0.25, 0.3) is 0 Å². The van der Waals surface area contributed by atoms with Crippen LogP contribution in [0.3, 0.4) is 0 Å². The van der Waals surface area contributed by atoms with Crippen LogP contribution in [0.1, 0.15) is 11.3 Å². The molecule has 0 aliphatic carbocycles. The predicted octanol–water partition coefficient (Wildman–Crippen LogP) is 2.97. The summed E-state index contributed by atoms with van der Waals surface area (Å²) in [4.78, 5) is 16.6. The van der Waals surface area contributed by atoms with Crippen LogP contribution in [0.25, 0.3) is 10.6 Å². The largest absolute Gasteiger partial charge is 0.352 e. The van der Waals surface area contributed by atoms with Gasteiger partial charge in [0.1, 0.15) is 5.01 Å². The molecule has 1 aromatic heterocycles. The van der Waals surface area contributed by atoms with Crippen LogP contribution >= 0.6 is 22.9 Å². The van der Waals surface area contributed by atoms with Gasteiger partial charge in [0.05, 0.1) is 17.0 Å². The third-order valence-corrected chi connectivity index (χ3v) is 5.85. The molecule has 6 nitrogen and oxygen atoms in total. The second-order valence-electron chi connectivity index (χ2n) is 5.79. The van der Waals surface area contributed by atoms with Crippen LogP contribution < -0.4 is 10.5 Å². The number of primary sulfonamides is 1. The van der Waals surface area contributed by atoms with E-state index in [9.17, 15) is 13.2 Å². The smallest absolute Gasteiger partial charge is 0.238 e. The summed E-state index contributed by atoms with van der Waals surface area (Å²) in [6, 6.07) is 13.4. The first-order valence-corrected chi connectivity index (χ1v) is 10.7. The molecule has 0 aliphatic rings. The lowest BCUT2D eigenvalue weighted by atomic mass is 10.2. The zero-order valence-electron chi connectivity index (χ0n) is 14.1. The van der Waals surface area contributed by atoms with E-state index in [1.807, 2.05) is 17.5 Å². The van der Waals surface area contributed by atoms with Gasteiger partial charge in [0.2, 0.25) is 15.9 Å². The second kappa shape index (κ2) is 8.18. The number of carbonyl (C=O) groups excluding carboxylic acids is 1. The van der Waals surface area contributed by atoms with Gasteiger partial charge < -0.3 is 5.32 Å². The van der Waals surface area contributed by atoms with Crippen molar-refractivity contribution in [2.24, 2.45) is 5.14 Å². The summed E-state index contributed by atoms with van der Waals surface area (Å²) in [5.74, 6) is -0.168. The van der Waals surface area contributed by atoms with Crippen molar-refractivity contribution in [1.29, 1.82) is 0 Å². The number of rotatable bonds is 6. The standard InChI is InChI=1S/C18H16ClN3O3S2/c19-14-5-3-13(4-6-14)18-22-15(11-26-18)9-17(23)21-10-12-1-7-16(8-2-12)27(20,24)25/h1-8,11H,9-10H2,(H,21,23)(H2,20,24,25). The molecule has 0 radical (unpaired) electrons. The summed E-state index contributed by atoms with van der Waals surface area (Å²) in [6.45, 7) is 0.290. The molecule has 0 fully saturated rings. The maximum Gasteiger partial charge on any atom is 0.238 e. The number of hydrogen-bond acceptors (Lipinski definition) is 5. The fourth-order valence-corrected chi connectivity index (χ4v) is 3.81. The van der Waals surface area contributed by atoms with Gasteiger partial charge in [-0.15, -0.1) is 11.3 Å². The fraction of sp³-hybridized carbons (Fsp3) is 0.111. The average molecular weight is 422 g/mol. The summed E-state index contributed by atoms with van der Waals surface area (Å²) < 4.78 is 22.5. The SMILES string of the molecule is NS(=O)(=O)c1ccc(CNC(=O)Cc2csc(-c3ccc(Cl)cc3)n2)cc1. The van der Waals surface area contributed by atoms with Crippen LogP contribution in [0.5, 0.6) is 0 Å². The summed E-state index contributed by atoms with van der Waals surface area (Å²) >= 11 is 7.35. The van der Waals surface area contributed by atoms with E-state index in [-0.39, 0.29) is 23.8 Å². The summed E-state index contributed by atoms with van der Waals surface area (Å²) in [5, 5.41) is 11.2. The topological polar surface area (TPSA) is 102 Å². The lowest BCUT2D eigenvalue weighted by Crippen LogP contribution is -2.24. The van der Waals surface area contributed by atoms with Crippen LogP contribution in [-0.4, -0.2) is 19.3 Å². The monoisotopic (exact) mass is 421 g/mol. The van der Waals surface area contributed by atoms with Crippen LogP contribution in [-0.2, 0) is 27.8 Å². The summed E-state index contributed by atoms with van der Waals surface area (Å²) in [7, 11) is -3.72. The Bertz CT molecular complexity index is 1050. The highest BCUT2D eigenvalue weighted by Crippen LogP contribution is 2.25. The van der Waals surface area contributed by atoms with E-state index in [1.165, 1.54) is 23.5 Å². The van der Waals surface area contributed by atoms with E-state index in [4.69, 9.17) is 16.7 Å². The number of aromatic nitrogens is 1. The van der Waals surface area contributed by atoms with Gasteiger partial charge in [-0.2, -0.15) is 0 Å². The molecular formula is C18H16ClN3O3S2. The lowest BCUT2D eigenvalue weighted by molar-refractivity contribution is -0.120. The van der Waals surface area contributed by atoms with Gasteiger partial charge in [-0.05, 0) is 29.8 Å². The van der Waals surface area contributed by atoms with Gasteiger partial charge in [0, 0.05) is 22.5 Å². The van der Waals surface area contributed by atoms with Gasteiger partial charge in [-0.25, -0.2) is 18.5 Å². The molecule has 0 saturated heterocycles. The number of benzene rings is 2. The minimum absolute atomic E-state index is 0.0368. The number of sulfonamides is 1. The molecule has 1 amide bonds.